The second-order valence-corrected chi connectivity index (χ2v) is 10.4. The monoisotopic (exact) mass is 414 g/mol. The first-order valence-corrected chi connectivity index (χ1v) is 11.9. The number of benzene rings is 2. The Labute approximate surface area is 183 Å². The number of nitrogens with zero attached hydrogens (tertiary/aromatic N) is 1. The molecule has 1 aromatic heterocycles. The summed E-state index contributed by atoms with van der Waals surface area (Å²) in [7, 11) is 1.66. The first-order valence-electron chi connectivity index (χ1n) is 11.9. The van der Waals surface area contributed by atoms with Crippen LogP contribution in [0.2, 0.25) is 0 Å². The van der Waals surface area contributed by atoms with Crippen molar-refractivity contribution >= 4 is 10.9 Å². The van der Waals surface area contributed by atoms with Crippen molar-refractivity contribution in [1.29, 1.82) is 0 Å². The normalized spacial score (nSPS) is 29.3. The third kappa shape index (κ3) is 2.46. The number of aromatic nitrogens is 1. The van der Waals surface area contributed by atoms with E-state index in [1.54, 1.807) is 7.11 Å². The number of likely N-dealkylation sites (tertiary alicyclic amines) is 1. The Hall–Kier alpha value is -2.46. The predicted octanol–water partition coefficient (Wildman–Crippen LogP) is 4.58. The molecule has 3 atom stereocenters. The van der Waals surface area contributed by atoms with Crippen LogP contribution in [0.25, 0.3) is 10.9 Å². The smallest absolute Gasteiger partial charge is 0.161 e. The number of aromatic amines is 1. The lowest BCUT2D eigenvalue weighted by Crippen LogP contribution is -2.62. The molecule has 2 aromatic carbocycles. The van der Waals surface area contributed by atoms with Crippen LogP contribution in [0.3, 0.4) is 0 Å². The number of ether oxygens (including phenoxy) is 1. The average Bonchev–Trinajstić information content (AvgIpc) is 3.53. The predicted molar refractivity (Wildman–Crippen MR) is 122 cm³/mol. The molecule has 2 N–H and O–H groups in total. The number of rotatable bonds is 3. The highest BCUT2D eigenvalue weighted by Crippen LogP contribution is 2.58. The molecule has 3 aromatic rings. The number of aromatic hydroxyl groups is 1. The summed E-state index contributed by atoms with van der Waals surface area (Å²) in [6.07, 6.45) is 7.05. The van der Waals surface area contributed by atoms with Gasteiger partial charge in [-0.3, -0.25) is 4.90 Å². The number of methoxy groups -OCH3 is 1. The molecular formula is C27H30N2O2. The maximum absolute atomic E-state index is 11.3. The van der Waals surface area contributed by atoms with E-state index < -0.39 is 0 Å². The number of phenols is 1. The van der Waals surface area contributed by atoms with E-state index in [-0.39, 0.29) is 5.41 Å². The van der Waals surface area contributed by atoms with E-state index in [0.29, 0.717) is 23.5 Å². The van der Waals surface area contributed by atoms with E-state index in [2.05, 4.69) is 40.2 Å². The van der Waals surface area contributed by atoms with Crippen molar-refractivity contribution in [2.24, 2.45) is 11.8 Å². The summed E-state index contributed by atoms with van der Waals surface area (Å²) in [5.41, 5.74) is 6.65. The number of fused-ring (bicyclic) bond motifs is 4. The second kappa shape index (κ2) is 6.29. The van der Waals surface area contributed by atoms with Crippen molar-refractivity contribution in [3.63, 3.8) is 0 Å². The number of H-pyrrole nitrogens is 1. The molecule has 31 heavy (non-hydrogen) atoms. The molecule has 0 radical (unpaired) electrons. The van der Waals surface area contributed by atoms with Crippen molar-refractivity contribution in [1.82, 2.24) is 9.88 Å². The minimum atomic E-state index is -0.00913. The Bertz CT molecular complexity index is 1190. The van der Waals surface area contributed by atoms with Crippen LogP contribution in [-0.4, -0.2) is 41.2 Å². The number of para-hydroxylation sites is 1. The summed E-state index contributed by atoms with van der Waals surface area (Å²) in [5, 5.41) is 12.7. The van der Waals surface area contributed by atoms with Gasteiger partial charge in [0.2, 0.25) is 0 Å². The van der Waals surface area contributed by atoms with Gasteiger partial charge in [0.1, 0.15) is 0 Å². The first kappa shape index (κ1) is 18.1. The van der Waals surface area contributed by atoms with Crippen LogP contribution in [0.15, 0.2) is 36.4 Å². The fourth-order valence-corrected chi connectivity index (χ4v) is 7.30. The Morgan fingerprint density at radius 2 is 2.03 bits per heavy atom. The van der Waals surface area contributed by atoms with Crippen LogP contribution < -0.4 is 4.74 Å². The van der Waals surface area contributed by atoms with Crippen LogP contribution >= 0.6 is 0 Å². The quantitative estimate of drug-likeness (QED) is 0.660. The number of hydrogen-bond donors (Lipinski definition) is 2. The zero-order chi connectivity index (χ0) is 20.7. The molecule has 1 saturated carbocycles. The lowest BCUT2D eigenvalue weighted by atomic mass is 9.52. The van der Waals surface area contributed by atoms with E-state index in [9.17, 15) is 5.11 Å². The Morgan fingerprint density at radius 3 is 2.87 bits per heavy atom. The van der Waals surface area contributed by atoms with Gasteiger partial charge in [-0.1, -0.05) is 24.3 Å². The standard InChI is InChI=1S/C27H30N2O2/c1-31-24-9-8-17-12-23-20-13-19-18-4-2-3-5-21(18)28-22(19)14-27(20,25(17)26(24)30)10-11-29(23)15-16-6-7-16/h2-5,8-9,16,20,23,28,30H,6-7,10-15H2,1H3/t20-,23?,27-/m0/s1. The van der Waals surface area contributed by atoms with Gasteiger partial charge in [-0.05, 0) is 80.2 Å². The second-order valence-electron chi connectivity index (χ2n) is 10.4. The van der Waals surface area contributed by atoms with Gasteiger partial charge in [0.25, 0.3) is 0 Å². The van der Waals surface area contributed by atoms with Crippen LogP contribution in [0.1, 0.15) is 41.6 Å². The average molecular weight is 415 g/mol. The Morgan fingerprint density at radius 1 is 1.16 bits per heavy atom. The highest BCUT2D eigenvalue weighted by Gasteiger charge is 2.57. The van der Waals surface area contributed by atoms with Gasteiger partial charge >= 0.3 is 0 Å². The molecule has 2 heterocycles. The van der Waals surface area contributed by atoms with Gasteiger partial charge in [0.05, 0.1) is 7.11 Å². The molecule has 4 aliphatic rings. The third-order valence-electron chi connectivity index (χ3n) is 8.87. The van der Waals surface area contributed by atoms with Crippen LogP contribution in [0.4, 0.5) is 0 Å². The number of nitrogens with one attached hydrogen (secondary N) is 1. The molecule has 160 valence electrons. The molecule has 4 heteroatoms. The Balaban J connectivity index is 1.43. The van der Waals surface area contributed by atoms with Crippen LogP contribution in [-0.2, 0) is 24.7 Å². The lowest BCUT2D eigenvalue weighted by Gasteiger charge is -2.59. The van der Waals surface area contributed by atoms with Crippen molar-refractivity contribution in [2.75, 3.05) is 20.2 Å². The molecule has 2 fully saturated rings. The summed E-state index contributed by atoms with van der Waals surface area (Å²) in [4.78, 5) is 6.56. The summed E-state index contributed by atoms with van der Waals surface area (Å²) < 4.78 is 5.56. The van der Waals surface area contributed by atoms with Gasteiger partial charge in [-0.2, -0.15) is 0 Å². The summed E-state index contributed by atoms with van der Waals surface area (Å²) in [6.45, 7) is 2.40. The highest BCUT2D eigenvalue weighted by molar-refractivity contribution is 5.85. The zero-order valence-electron chi connectivity index (χ0n) is 18.2. The largest absolute Gasteiger partial charge is 0.504 e. The fourth-order valence-electron chi connectivity index (χ4n) is 7.30. The van der Waals surface area contributed by atoms with Gasteiger partial charge in [-0.25, -0.2) is 0 Å². The van der Waals surface area contributed by atoms with E-state index in [0.717, 1.165) is 38.1 Å². The molecule has 0 amide bonds. The summed E-state index contributed by atoms with van der Waals surface area (Å²) >= 11 is 0. The molecule has 1 unspecified atom stereocenters. The molecular weight excluding hydrogens is 384 g/mol. The molecule has 1 aliphatic heterocycles. The minimum Gasteiger partial charge on any atom is -0.504 e. The van der Waals surface area contributed by atoms with E-state index >= 15 is 0 Å². The fraction of sp³-hybridized carbons (Fsp3) is 0.481. The van der Waals surface area contributed by atoms with E-state index in [4.69, 9.17) is 4.74 Å². The first-order chi connectivity index (χ1) is 15.2. The van der Waals surface area contributed by atoms with Crippen molar-refractivity contribution in [3.8, 4) is 11.5 Å². The van der Waals surface area contributed by atoms with Gasteiger partial charge < -0.3 is 14.8 Å². The summed E-state index contributed by atoms with van der Waals surface area (Å²) in [5.74, 6) is 2.45. The maximum atomic E-state index is 11.3. The highest BCUT2D eigenvalue weighted by atomic mass is 16.5. The molecule has 1 saturated heterocycles. The molecule has 2 bridgehead atoms. The minimum absolute atomic E-state index is 0.00913. The number of phenolic OH excluding ortho intramolecular Hbond substituents is 1. The molecule has 7 rings (SSSR count). The van der Waals surface area contributed by atoms with Crippen LogP contribution in [0.5, 0.6) is 11.5 Å². The number of piperidine rings is 1. The lowest BCUT2D eigenvalue weighted by molar-refractivity contribution is 0.00387. The van der Waals surface area contributed by atoms with E-state index in [1.165, 1.54) is 52.7 Å². The van der Waals surface area contributed by atoms with Gasteiger partial charge in [0, 0.05) is 40.2 Å². The van der Waals surface area contributed by atoms with Crippen molar-refractivity contribution in [3.05, 3.63) is 58.8 Å². The summed E-state index contributed by atoms with van der Waals surface area (Å²) in [6, 6.07) is 13.5. The van der Waals surface area contributed by atoms with Crippen LogP contribution in [0, 0.1) is 11.8 Å². The number of hydrogen-bond acceptors (Lipinski definition) is 3. The Kier molecular flexibility index (Phi) is 3.68. The maximum Gasteiger partial charge on any atom is 0.161 e. The molecule has 4 nitrogen and oxygen atoms in total. The molecule has 0 spiro atoms. The molecule has 3 aliphatic carbocycles. The van der Waals surface area contributed by atoms with E-state index in [1.807, 2.05) is 6.07 Å². The SMILES string of the molecule is COc1ccc2c(c1O)[C@]13CCN(CC4CC4)C(C2)[C@@H]1Cc1c([nH]c2ccccc12)C3. The van der Waals surface area contributed by atoms with Gasteiger partial charge in [-0.15, -0.1) is 0 Å². The van der Waals surface area contributed by atoms with Crippen molar-refractivity contribution < 1.29 is 9.84 Å². The topological polar surface area (TPSA) is 48.5 Å². The zero-order valence-corrected chi connectivity index (χ0v) is 18.2. The van der Waals surface area contributed by atoms with Crippen molar-refractivity contribution in [2.45, 2.75) is 50.0 Å². The third-order valence-corrected chi connectivity index (χ3v) is 8.87. The van der Waals surface area contributed by atoms with Gasteiger partial charge in [0.15, 0.2) is 11.5 Å².